The predicted octanol–water partition coefficient (Wildman–Crippen LogP) is 3.54. The maximum Gasteiger partial charge on any atom is 0.257 e. The molecule has 1 amide bonds. The van der Waals surface area contributed by atoms with Crippen LogP contribution in [-0.2, 0) is 20.1 Å². The fraction of sp³-hybridized carbons (Fsp3) is 0.269. The maximum absolute atomic E-state index is 13.2. The second-order valence-corrected chi connectivity index (χ2v) is 9.72. The van der Waals surface area contributed by atoms with E-state index < -0.39 is 12.0 Å². The van der Waals surface area contributed by atoms with Crippen LogP contribution in [-0.4, -0.2) is 39.1 Å². The van der Waals surface area contributed by atoms with Gasteiger partial charge in [0, 0.05) is 55.7 Å². The van der Waals surface area contributed by atoms with Crippen molar-refractivity contribution in [3.8, 4) is 0 Å². The number of likely N-dealkylation sites (N-methyl/N-ethyl adjacent to an activating group) is 1. The zero-order chi connectivity index (χ0) is 25.1. The van der Waals surface area contributed by atoms with E-state index in [4.69, 9.17) is 0 Å². The topological polar surface area (TPSA) is 87.5 Å². The molecule has 0 spiro atoms. The molecule has 4 rings (SSSR count). The minimum Gasteiger partial charge on any atom is -0.387 e. The summed E-state index contributed by atoms with van der Waals surface area (Å²) in [5.74, 6) is -0.818. The molecule has 2 N–H and O–H groups in total. The van der Waals surface area contributed by atoms with E-state index in [0.717, 1.165) is 27.1 Å². The highest BCUT2D eigenvalue weighted by atomic mass is 32.1. The quantitative estimate of drug-likeness (QED) is 0.391. The molecule has 0 unspecified atom stereocenters. The van der Waals surface area contributed by atoms with Gasteiger partial charge in [-0.15, -0.1) is 11.3 Å². The fourth-order valence-electron chi connectivity index (χ4n) is 4.04. The Morgan fingerprint density at radius 2 is 2.03 bits per heavy atom. The van der Waals surface area contributed by atoms with Crippen molar-refractivity contribution in [2.75, 3.05) is 13.6 Å². The van der Waals surface area contributed by atoms with Crippen LogP contribution in [0, 0.1) is 12.7 Å². The summed E-state index contributed by atoms with van der Waals surface area (Å²) >= 11 is 1.37. The molecule has 0 fully saturated rings. The van der Waals surface area contributed by atoms with Crippen molar-refractivity contribution in [2.45, 2.75) is 26.1 Å². The van der Waals surface area contributed by atoms with E-state index >= 15 is 0 Å². The monoisotopic (exact) mass is 494 g/mol. The third-order valence-corrected chi connectivity index (χ3v) is 7.18. The largest absolute Gasteiger partial charge is 0.387 e. The number of carbonyl (C=O) groups is 1. The van der Waals surface area contributed by atoms with Crippen molar-refractivity contribution in [1.29, 1.82) is 0 Å². The summed E-state index contributed by atoms with van der Waals surface area (Å²) in [6.45, 7) is 3.12. The normalized spacial score (nSPS) is 12.3. The molecule has 0 aliphatic rings. The van der Waals surface area contributed by atoms with Gasteiger partial charge in [-0.25, -0.2) is 4.39 Å². The molecule has 1 aromatic carbocycles. The third-order valence-electron chi connectivity index (χ3n) is 5.92. The van der Waals surface area contributed by atoms with Gasteiger partial charge >= 0.3 is 0 Å². The van der Waals surface area contributed by atoms with Crippen molar-refractivity contribution in [2.24, 2.45) is 7.05 Å². The number of benzene rings is 1. The van der Waals surface area contributed by atoms with Crippen LogP contribution < -0.4 is 10.7 Å². The standard InChI is InChI=1S/C26H27FN4O3S/c1-16-22(15-30(2)14-21(32)18-5-4-10-28-12-18)35-25-23(16)31(3)13-20(24(25)33)26(34)29-11-17-6-8-19(27)9-7-17/h4-10,12-13,21,32H,11,14-15H2,1-3H3,(H,29,34)/t21-/m1/s1. The second kappa shape index (κ2) is 10.5. The molecule has 0 aliphatic heterocycles. The van der Waals surface area contributed by atoms with Gasteiger partial charge in [-0.2, -0.15) is 0 Å². The van der Waals surface area contributed by atoms with Crippen LogP contribution in [0.25, 0.3) is 10.2 Å². The third kappa shape index (κ3) is 5.48. The lowest BCUT2D eigenvalue weighted by Crippen LogP contribution is -2.29. The summed E-state index contributed by atoms with van der Waals surface area (Å²) in [7, 11) is 3.73. The first-order valence-corrected chi connectivity index (χ1v) is 12.0. The van der Waals surface area contributed by atoms with Gasteiger partial charge in [0.2, 0.25) is 5.43 Å². The number of thiophene rings is 1. The van der Waals surface area contributed by atoms with Gasteiger partial charge in [-0.1, -0.05) is 18.2 Å². The van der Waals surface area contributed by atoms with Gasteiger partial charge in [-0.05, 0) is 43.3 Å². The van der Waals surface area contributed by atoms with Gasteiger partial charge in [0.05, 0.1) is 16.3 Å². The molecular formula is C26H27FN4O3S. The van der Waals surface area contributed by atoms with Gasteiger partial charge in [-0.3, -0.25) is 19.5 Å². The van der Waals surface area contributed by atoms with E-state index in [1.165, 1.54) is 23.5 Å². The van der Waals surface area contributed by atoms with E-state index in [2.05, 4.69) is 10.3 Å². The molecule has 0 aliphatic carbocycles. The number of rotatable bonds is 8. The number of amides is 1. The number of hydrogen-bond donors (Lipinski definition) is 2. The lowest BCUT2D eigenvalue weighted by atomic mass is 10.1. The Bertz CT molecular complexity index is 1400. The molecule has 9 heteroatoms. The molecule has 7 nitrogen and oxygen atoms in total. The summed E-state index contributed by atoms with van der Waals surface area (Å²) in [4.78, 5) is 33.1. The Hall–Kier alpha value is -3.40. The zero-order valence-electron chi connectivity index (χ0n) is 19.8. The Labute approximate surface area is 206 Å². The Balaban J connectivity index is 1.53. The molecule has 3 heterocycles. The number of fused-ring (bicyclic) bond motifs is 1. The van der Waals surface area contributed by atoms with Crippen molar-refractivity contribution >= 4 is 27.5 Å². The Kier molecular flexibility index (Phi) is 7.39. The average Bonchev–Trinajstić information content (AvgIpc) is 3.17. The van der Waals surface area contributed by atoms with Crippen LogP contribution in [0.5, 0.6) is 0 Å². The summed E-state index contributed by atoms with van der Waals surface area (Å²) < 4.78 is 15.4. The summed E-state index contributed by atoms with van der Waals surface area (Å²) in [5.41, 5.74) is 3.01. The number of carbonyl (C=O) groups excluding carboxylic acids is 1. The highest BCUT2D eigenvalue weighted by Crippen LogP contribution is 2.30. The van der Waals surface area contributed by atoms with Crippen LogP contribution in [0.1, 0.15) is 38.0 Å². The van der Waals surface area contributed by atoms with Crippen molar-refractivity contribution in [3.05, 3.63) is 98.2 Å². The molecular weight excluding hydrogens is 467 g/mol. The number of pyridine rings is 2. The van der Waals surface area contributed by atoms with E-state index in [1.807, 2.05) is 36.6 Å². The number of halogens is 1. The average molecular weight is 495 g/mol. The van der Waals surface area contributed by atoms with E-state index in [-0.39, 0.29) is 23.4 Å². The molecule has 4 aromatic rings. The van der Waals surface area contributed by atoms with E-state index in [0.29, 0.717) is 17.8 Å². The van der Waals surface area contributed by atoms with Crippen LogP contribution in [0.4, 0.5) is 4.39 Å². The first kappa shape index (κ1) is 24.7. The summed E-state index contributed by atoms with van der Waals surface area (Å²) in [6.07, 6.45) is 4.20. The SMILES string of the molecule is Cc1c(CN(C)C[C@@H](O)c2cccnc2)sc2c(=O)c(C(=O)NCc3ccc(F)cc3)cn(C)c12. The van der Waals surface area contributed by atoms with Crippen LogP contribution in [0.3, 0.4) is 0 Å². The first-order valence-electron chi connectivity index (χ1n) is 11.2. The van der Waals surface area contributed by atoms with Crippen LogP contribution in [0.15, 0.2) is 59.8 Å². The van der Waals surface area contributed by atoms with Gasteiger partial charge in [0.15, 0.2) is 0 Å². The van der Waals surface area contributed by atoms with Gasteiger partial charge < -0.3 is 15.0 Å². The lowest BCUT2D eigenvalue weighted by Gasteiger charge is -2.20. The zero-order valence-corrected chi connectivity index (χ0v) is 20.6. The highest BCUT2D eigenvalue weighted by Gasteiger charge is 2.21. The number of aryl methyl sites for hydroxylation is 2. The van der Waals surface area contributed by atoms with Gasteiger partial charge in [0.1, 0.15) is 11.4 Å². The molecule has 0 radical (unpaired) electrons. The molecule has 0 saturated carbocycles. The lowest BCUT2D eigenvalue weighted by molar-refractivity contribution is 0.0949. The molecule has 1 atom stereocenters. The summed E-state index contributed by atoms with van der Waals surface area (Å²) in [6, 6.07) is 9.46. The molecule has 0 saturated heterocycles. The first-order chi connectivity index (χ1) is 16.7. The Morgan fingerprint density at radius 3 is 2.71 bits per heavy atom. The number of aliphatic hydroxyl groups is 1. The van der Waals surface area contributed by atoms with Crippen LogP contribution >= 0.6 is 11.3 Å². The number of nitrogens with one attached hydrogen (secondary N) is 1. The second-order valence-electron chi connectivity index (χ2n) is 8.62. The minimum atomic E-state index is -0.675. The maximum atomic E-state index is 13.2. The fourth-order valence-corrected chi connectivity index (χ4v) is 5.42. The Morgan fingerprint density at radius 1 is 1.29 bits per heavy atom. The summed E-state index contributed by atoms with van der Waals surface area (Å²) in [5, 5.41) is 13.3. The number of nitrogens with zero attached hydrogens (tertiary/aromatic N) is 3. The number of hydrogen-bond acceptors (Lipinski definition) is 6. The van der Waals surface area contributed by atoms with Crippen molar-refractivity contribution < 1.29 is 14.3 Å². The van der Waals surface area contributed by atoms with E-state index in [9.17, 15) is 19.1 Å². The smallest absolute Gasteiger partial charge is 0.257 e. The molecule has 182 valence electrons. The van der Waals surface area contributed by atoms with E-state index in [1.54, 1.807) is 36.8 Å². The highest BCUT2D eigenvalue weighted by molar-refractivity contribution is 7.19. The molecule has 0 bridgehead atoms. The predicted molar refractivity (Wildman–Crippen MR) is 135 cm³/mol. The van der Waals surface area contributed by atoms with Crippen molar-refractivity contribution in [1.82, 2.24) is 19.8 Å². The minimum absolute atomic E-state index is 0.0651. The molecule has 3 aromatic heterocycles. The number of aromatic nitrogens is 2. The van der Waals surface area contributed by atoms with Crippen molar-refractivity contribution in [3.63, 3.8) is 0 Å². The number of aliphatic hydroxyl groups excluding tert-OH is 1. The van der Waals surface area contributed by atoms with Crippen LogP contribution in [0.2, 0.25) is 0 Å². The van der Waals surface area contributed by atoms with Gasteiger partial charge in [0.25, 0.3) is 5.91 Å². The molecule has 35 heavy (non-hydrogen) atoms.